The fourth-order valence-corrected chi connectivity index (χ4v) is 1.20. The number of pyridine rings is 1. The molecule has 3 heteroatoms. The number of rotatable bonds is 1. The summed E-state index contributed by atoms with van der Waals surface area (Å²) in [6.07, 6.45) is 1.43. The molecule has 0 saturated heterocycles. The highest BCUT2D eigenvalue weighted by Gasteiger charge is 2.01. The molecule has 3 nitrogen and oxygen atoms in total. The predicted octanol–water partition coefficient (Wildman–Crippen LogP) is 1.66. The maximum atomic E-state index is 10.7. The van der Waals surface area contributed by atoms with Crippen LogP contribution in [0.15, 0.2) is 36.5 Å². The van der Waals surface area contributed by atoms with E-state index in [9.17, 15) is 4.79 Å². The summed E-state index contributed by atoms with van der Waals surface area (Å²) in [6, 6.07) is 9.18. The molecule has 0 aliphatic rings. The number of carbonyl (C=O) groups is 1. The molecule has 2 aromatic rings. The minimum atomic E-state index is -0.696. The van der Waals surface area contributed by atoms with Crippen molar-refractivity contribution in [1.29, 1.82) is 0 Å². The molecule has 0 fully saturated rings. The van der Waals surface area contributed by atoms with E-state index < -0.39 is 5.91 Å². The Kier molecular flexibility index (Phi) is 1.70. The summed E-state index contributed by atoms with van der Waals surface area (Å²) in [7, 11) is 0. The molecule has 0 aliphatic carbocycles. The number of aromatic nitrogens is 1. The van der Waals surface area contributed by atoms with Gasteiger partial charge >= 0.3 is 0 Å². The molecule has 1 heterocycles. The average Bonchev–Trinajstić information content (AvgIpc) is 2.17. The third-order valence-corrected chi connectivity index (χ3v) is 1.85. The fraction of sp³-hybridized carbons (Fsp3) is 0. The lowest BCUT2D eigenvalue weighted by Crippen LogP contribution is -1.99. The normalized spacial score (nSPS) is 10.2. The Morgan fingerprint density at radius 3 is 2.85 bits per heavy atom. The molecule has 0 saturated carbocycles. The minimum Gasteiger partial charge on any atom is -0.267 e. The Labute approximate surface area is 75.2 Å². The van der Waals surface area contributed by atoms with Gasteiger partial charge in [-0.15, -0.1) is 0 Å². The van der Waals surface area contributed by atoms with Gasteiger partial charge in [-0.3, -0.25) is 15.5 Å². The smallest absolute Gasteiger partial charge is 0.267 e. The molecule has 1 aromatic heterocycles. The van der Waals surface area contributed by atoms with Crippen LogP contribution in [0.2, 0.25) is 0 Å². The number of benzene rings is 1. The molecule has 1 radical (unpaired) electrons. The number of nitrogens with one attached hydrogen (secondary N) is 1. The molecule has 0 unspecified atom stereocenters. The van der Waals surface area contributed by atoms with E-state index in [4.69, 9.17) is 5.73 Å². The Hall–Kier alpha value is -1.90. The molecule has 0 spiro atoms. The molecule has 0 atom stereocenters. The second-order valence-corrected chi connectivity index (χ2v) is 2.75. The monoisotopic (exact) mass is 171 g/mol. The van der Waals surface area contributed by atoms with Crippen molar-refractivity contribution >= 4 is 16.8 Å². The van der Waals surface area contributed by atoms with Crippen LogP contribution in [0.5, 0.6) is 0 Å². The molecule has 0 aliphatic heterocycles. The van der Waals surface area contributed by atoms with E-state index in [2.05, 4.69) is 4.98 Å². The highest BCUT2D eigenvalue weighted by Crippen LogP contribution is 2.12. The molecule has 2 rings (SSSR count). The van der Waals surface area contributed by atoms with Crippen LogP contribution in [0.1, 0.15) is 10.4 Å². The van der Waals surface area contributed by atoms with Gasteiger partial charge in [0.25, 0.3) is 5.91 Å². The molecule has 63 valence electrons. The summed E-state index contributed by atoms with van der Waals surface area (Å²) >= 11 is 0. The summed E-state index contributed by atoms with van der Waals surface area (Å²) < 4.78 is 0. The van der Waals surface area contributed by atoms with Crippen molar-refractivity contribution in [3.63, 3.8) is 0 Å². The summed E-state index contributed by atoms with van der Waals surface area (Å²) in [6.45, 7) is 0. The van der Waals surface area contributed by atoms with Gasteiger partial charge in [0.1, 0.15) is 0 Å². The average molecular weight is 171 g/mol. The van der Waals surface area contributed by atoms with Crippen molar-refractivity contribution in [2.45, 2.75) is 0 Å². The topological polar surface area (TPSA) is 53.8 Å². The van der Waals surface area contributed by atoms with Crippen molar-refractivity contribution in [2.24, 2.45) is 0 Å². The van der Waals surface area contributed by atoms with Gasteiger partial charge < -0.3 is 0 Å². The van der Waals surface area contributed by atoms with Crippen molar-refractivity contribution in [3.8, 4) is 0 Å². The van der Waals surface area contributed by atoms with Gasteiger partial charge in [0.05, 0.1) is 11.1 Å². The number of fused-ring (bicyclic) bond motifs is 1. The van der Waals surface area contributed by atoms with Gasteiger partial charge in [0.2, 0.25) is 0 Å². The number of carbonyl (C=O) groups excluding carboxylic acids is 1. The second kappa shape index (κ2) is 2.86. The zero-order chi connectivity index (χ0) is 9.26. The number of amides is 1. The molecule has 1 aromatic carbocycles. The van der Waals surface area contributed by atoms with Crippen molar-refractivity contribution in [2.75, 3.05) is 0 Å². The summed E-state index contributed by atoms with van der Waals surface area (Å²) in [5.74, 6) is -0.696. The lowest BCUT2D eigenvalue weighted by atomic mass is 10.1. The van der Waals surface area contributed by atoms with E-state index in [1.807, 2.05) is 24.3 Å². The van der Waals surface area contributed by atoms with Crippen LogP contribution in [0.3, 0.4) is 0 Å². The van der Waals surface area contributed by atoms with Gasteiger partial charge in [0.15, 0.2) is 0 Å². The first-order valence-electron chi connectivity index (χ1n) is 3.88. The van der Waals surface area contributed by atoms with Crippen LogP contribution in [0.4, 0.5) is 0 Å². The van der Waals surface area contributed by atoms with Crippen LogP contribution in [-0.4, -0.2) is 10.9 Å². The SMILES string of the molecule is [NH]C(=O)c1cnc2ccccc2c1. The molecule has 13 heavy (non-hydrogen) atoms. The third kappa shape index (κ3) is 1.36. The van der Waals surface area contributed by atoms with Crippen molar-refractivity contribution in [3.05, 3.63) is 42.1 Å². The number of nitrogens with zero attached hydrogens (tertiary/aromatic N) is 1. The quantitative estimate of drug-likeness (QED) is 0.655. The molecule has 1 amide bonds. The van der Waals surface area contributed by atoms with Gasteiger partial charge in [-0.05, 0) is 12.1 Å². The second-order valence-electron chi connectivity index (χ2n) is 2.75. The molecular weight excluding hydrogens is 164 g/mol. The highest BCUT2D eigenvalue weighted by atomic mass is 16.1. The van der Waals surface area contributed by atoms with Gasteiger partial charge in [0, 0.05) is 11.6 Å². The van der Waals surface area contributed by atoms with Gasteiger partial charge in [-0.1, -0.05) is 18.2 Å². The van der Waals surface area contributed by atoms with Crippen molar-refractivity contribution in [1.82, 2.24) is 10.7 Å². The number of hydrogen-bond acceptors (Lipinski definition) is 2. The Morgan fingerprint density at radius 1 is 1.31 bits per heavy atom. The van der Waals surface area contributed by atoms with Crippen LogP contribution in [-0.2, 0) is 0 Å². The summed E-state index contributed by atoms with van der Waals surface area (Å²) in [5, 5.41) is 0.889. The fourth-order valence-electron chi connectivity index (χ4n) is 1.20. The van der Waals surface area contributed by atoms with Crippen LogP contribution < -0.4 is 5.73 Å². The van der Waals surface area contributed by atoms with E-state index in [0.717, 1.165) is 10.9 Å². The predicted molar refractivity (Wildman–Crippen MR) is 49.2 cm³/mol. The van der Waals surface area contributed by atoms with Crippen LogP contribution >= 0.6 is 0 Å². The first-order valence-corrected chi connectivity index (χ1v) is 3.88. The Balaban J connectivity index is 2.69. The number of hydrogen-bond donors (Lipinski definition) is 0. The van der Waals surface area contributed by atoms with E-state index in [-0.39, 0.29) is 0 Å². The highest BCUT2D eigenvalue weighted by molar-refractivity contribution is 5.95. The standard InChI is InChI=1S/C10H7N2O/c11-10(13)8-5-7-3-1-2-4-9(7)12-6-8/h1-6,11H. The van der Waals surface area contributed by atoms with E-state index in [1.54, 1.807) is 6.07 Å². The Bertz CT molecular complexity index is 465. The molecule has 0 bridgehead atoms. The zero-order valence-electron chi connectivity index (χ0n) is 6.82. The number of para-hydroxylation sites is 1. The largest absolute Gasteiger partial charge is 0.271 e. The first kappa shape index (κ1) is 7.73. The maximum absolute atomic E-state index is 10.7. The lowest BCUT2D eigenvalue weighted by molar-refractivity contribution is 0.0992. The third-order valence-electron chi connectivity index (χ3n) is 1.85. The molecular formula is C10H7N2O. The van der Waals surface area contributed by atoms with Crippen LogP contribution in [0.25, 0.3) is 10.9 Å². The summed E-state index contributed by atoms with van der Waals surface area (Å²) in [4.78, 5) is 14.8. The van der Waals surface area contributed by atoms with Gasteiger partial charge in [-0.2, -0.15) is 0 Å². The van der Waals surface area contributed by atoms with Crippen molar-refractivity contribution < 1.29 is 4.79 Å². The Morgan fingerprint density at radius 2 is 2.08 bits per heavy atom. The first-order chi connectivity index (χ1) is 6.27. The maximum Gasteiger partial charge on any atom is 0.271 e. The van der Waals surface area contributed by atoms with Crippen LogP contribution in [0, 0.1) is 0 Å². The van der Waals surface area contributed by atoms with E-state index in [1.165, 1.54) is 6.20 Å². The van der Waals surface area contributed by atoms with E-state index >= 15 is 0 Å². The van der Waals surface area contributed by atoms with Gasteiger partial charge in [-0.25, -0.2) is 0 Å². The summed E-state index contributed by atoms with van der Waals surface area (Å²) in [5.41, 5.74) is 8.09. The zero-order valence-corrected chi connectivity index (χ0v) is 6.82. The lowest BCUT2D eigenvalue weighted by Gasteiger charge is -1.97. The minimum absolute atomic E-state index is 0.332. The van der Waals surface area contributed by atoms with E-state index in [0.29, 0.717) is 5.56 Å². The molecule has 1 N–H and O–H groups in total.